The van der Waals surface area contributed by atoms with Crippen molar-refractivity contribution in [3.8, 4) is 11.8 Å². The van der Waals surface area contributed by atoms with E-state index in [0.29, 0.717) is 5.56 Å². The number of nitrogens with one attached hydrogen (secondary N) is 1. The lowest BCUT2D eigenvalue weighted by Gasteiger charge is -2.20. The van der Waals surface area contributed by atoms with E-state index < -0.39 is 21.8 Å². The summed E-state index contributed by atoms with van der Waals surface area (Å²) in [6, 6.07) is 6.33. The molecule has 0 atom stereocenters. The largest absolute Gasteiger partial charge is 0.490 e. The van der Waals surface area contributed by atoms with Crippen molar-refractivity contribution in [3.63, 3.8) is 0 Å². The van der Waals surface area contributed by atoms with Gasteiger partial charge in [0.2, 0.25) is 0 Å². The van der Waals surface area contributed by atoms with Crippen LogP contribution in [0.2, 0.25) is 0 Å². The van der Waals surface area contributed by atoms with Gasteiger partial charge in [0.05, 0.1) is 23.9 Å². The van der Waals surface area contributed by atoms with Gasteiger partial charge in [0.25, 0.3) is 10.1 Å². The number of ether oxygens (including phenoxy) is 2. The fourth-order valence-corrected chi connectivity index (χ4v) is 2.49. The number of hydrogen-bond acceptors (Lipinski definition) is 7. The monoisotopic (exact) mass is 370 g/mol. The average Bonchev–Trinajstić information content (AvgIpc) is 2.46. The van der Waals surface area contributed by atoms with Gasteiger partial charge in [0, 0.05) is 0 Å². The van der Waals surface area contributed by atoms with Crippen LogP contribution in [0.1, 0.15) is 33.3 Å². The van der Waals surface area contributed by atoms with Crippen molar-refractivity contribution in [1.29, 1.82) is 5.26 Å². The Labute approximate surface area is 147 Å². The van der Waals surface area contributed by atoms with E-state index in [9.17, 15) is 13.2 Å². The maximum Gasteiger partial charge on any atom is 0.412 e. The summed E-state index contributed by atoms with van der Waals surface area (Å²) in [4.78, 5) is 11.9. The Hall–Kier alpha value is -2.31. The number of nitrogens with zero attached hydrogens (tertiary/aromatic N) is 1. The molecule has 0 saturated carbocycles. The minimum absolute atomic E-state index is 0.0463. The van der Waals surface area contributed by atoms with Crippen LogP contribution in [0.3, 0.4) is 0 Å². The normalized spacial score (nSPS) is 11.5. The summed E-state index contributed by atoms with van der Waals surface area (Å²) in [5, 5.41) is 11.5. The average molecular weight is 370 g/mol. The molecule has 0 spiro atoms. The van der Waals surface area contributed by atoms with Gasteiger partial charge < -0.3 is 9.47 Å². The van der Waals surface area contributed by atoms with E-state index in [2.05, 4.69) is 9.50 Å². The quantitative estimate of drug-likeness (QED) is 0.734. The van der Waals surface area contributed by atoms with E-state index in [1.165, 1.54) is 18.2 Å². The lowest BCUT2D eigenvalue weighted by molar-refractivity contribution is 0.0635. The van der Waals surface area contributed by atoms with E-state index in [-0.39, 0.29) is 30.4 Å². The second kappa shape index (κ2) is 8.69. The number of nitriles is 1. The Morgan fingerprint density at radius 3 is 2.56 bits per heavy atom. The van der Waals surface area contributed by atoms with Gasteiger partial charge in [-0.25, -0.2) is 4.79 Å². The van der Waals surface area contributed by atoms with Crippen LogP contribution < -0.4 is 10.1 Å². The fourth-order valence-electron chi connectivity index (χ4n) is 1.73. The van der Waals surface area contributed by atoms with Gasteiger partial charge in [-0.2, -0.15) is 13.7 Å². The number of carbonyl (C=O) groups is 1. The van der Waals surface area contributed by atoms with Gasteiger partial charge in [0.15, 0.2) is 0 Å². The topological polar surface area (TPSA) is 115 Å². The van der Waals surface area contributed by atoms with Crippen molar-refractivity contribution < 1.29 is 26.9 Å². The number of anilines is 1. The smallest absolute Gasteiger partial charge is 0.412 e. The fraction of sp³-hybridized carbons (Fsp3) is 0.500. The maximum atomic E-state index is 11.9. The van der Waals surface area contributed by atoms with Gasteiger partial charge in [-0.05, 0) is 45.9 Å². The molecule has 0 unspecified atom stereocenters. The van der Waals surface area contributed by atoms with Crippen molar-refractivity contribution in [2.45, 2.75) is 33.3 Å². The van der Waals surface area contributed by atoms with Crippen molar-refractivity contribution in [2.24, 2.45) is 0 Å². The van der Waals surface area contributed by atoms with Gasteiger partial charge in [-0.1, -0.05) is 0 Å². The molecular formula is C16H22N2O6S. The van der Waals surface area contributed by atoms with Crippen LogP contribution in [0.15, 0.2) is 18.2 Å². The molecule has 1 aromatic carbocycles. The van der Waals surface area contributed by atoms with Crippen molar-refractivity contribution in [1.82, 2.24) is 0 Å². The van der Waals surface area contributed by atoms with Crippen LogP contribution in [0, 0.1) is 11.3 Å². The molecule has 1 aromatic rings. The lowest BCUT2D eigenvalue weighted by Crippen LogP contribution is -2.27. The highest BCUT2D eigenvalue weighted by molar-refractivity contribution is 7.86. The zero-order valence-corrected chi connectivity index (χ0v) is 15.5. The first-order valence-corrected chi connectivity index (χ1v) is 9.18. The molecule has 138 valence electrons. The highest BCUT2D eigenvalue weighted by Gasteiger charge is 2.18. The summed E-state index contributed by atoms with van der Waals surface area (Å²) >= 11 is 0. The third kappa shape index (κ3) is 7.87. The summed E-state index contributed by atoms with van der Waals surface area (Å²) in [5.74, 6) is -0.122. The van der Waals surface area contributed by atoms with Gasteiger partial charge in [-0.15, -0.1) is 0 Å². The SMILES string of the molecule is CCOS(=O)(=O)CCOc1ccc(C#N)cc1NC(=O)OC(C)(C)C. The minimum Gasteiger partial charge on any atom is -0.490 e. The Balaban J connectivity index is 2.86. The Bertz CT molecular complexity index is 747. The summed E-state index contributed by atoms with van der Waals surface area (Å²) < 4.78 is 38.2. The van der Waals surface area contributed by atoms with Crippen LogP contribution in [0.25, 0.3) is 0 Å². The molecule has 0 bridgehead atoms. The van der Waals surface area contributed by atoms with Crippen LogP contribution in [-0.4, -0.2) is 39.1 Å². The Kier molecular flexibility index (Phi) is 7.21. The Morgan fingerprint density at radius 1 is 1.32 bits per heavy atom. The molecule has 0 saturated heterocycles. The van der Waals surface area contributed by atoms with Crippen LogP contribution in [0.4, 0.5) is 10.5 Å². The molecule has 0 aliphatic carbocycles. The summed E-state index contributed by atoms with van der Waals surface area (Å²) in [6.07, 6.45) is -0.714. The molecule has 9 heteroatoms. The molecule has 1 N–H and O–H groups in total. The Morgan fingerprint density at radius 2 is 2.00 bits per heavy atom. The van der Waals surface area contributed by atoms with Gasteiger partial charge in [-0.3, -0.25) is 9.50 Å². The molecule has 0 aliphatic heterocycles. The first-order chi connectivity index (χ1) is 11.6. The summed E-state index contributed by atoms with van der Waals surface area (Å²) in [5.41, 5.74) is -0.175. The third-order valence-electron chi connectivity index (χ3n) is 2.63. The van der Waals surface area contributed by atoms with E-state index in [4.69, 9.17) is 14.7 Å². The first kappa shape index (κ1) is 20.7. The molecule has 0 heterocycles. The second-order valence-corrected chi connectivity index (χ2v) is 7.73. The molecule has 0 aromatic heterocycles. The first-order valence-electron chi connectivity index (χ1n) is 7.60. The molecule has 1 amide bonds. The van der Waals surface area contributed by atoms with Crippen molar-refractivity contribution in [3.05, 3.63) is 23.8 Å². The predicted molar refractivity (Wildman–Crippen MR) is 91.9 cm³/mol. The van der Waals surface area contributed by atoms with E-state index in [0.717, 1.165) is 0 Å². The maximum absolute atomic E-state index is 11.9. The summed E-state index contributed by atoms with van der Waals surface area (Å²) in [7, 11) is -3.66. The number of benzene rings is 1. The number of amides is 1. The molecule has 8 nitrogen and oxygen atoms in total. The second-order valence-electron chi connectivity index (χ2n) is 5.97. The third-order valence-corrected chi connectivity index (χ3v) is 3.89. The van der Waals surface area contributed by atoms with Crippen LogP contribution in [0.5, 0.6) is 5.75 Å². The summed E-state index contributed by atoms with van der Waals surface area (Å²) in [6.45, 7) is 6.60. The molecule has 1 rings (SSSR count). The molecule has 0 aliphatic rings. The van der Waals surface area contributed by atoms with Crippen LogP contribution in [-0.2, 0) is 19.0 Å². The number of rotatable bonds is 7. The van der Waals surface area contributed by atoms with Gasteiger partial charge in [0.1, 0.15) is 23.7 Å². The molecule has 25 heavy (non-hydrogen) atoms. The standard InChI is InChI=1S/C16H22N2O6S/c1-5-23-25(20,21)9-8-22-14-7-6-12(11-17)10-13(14)18-15(19)24-16(2,3)4/h6-7,10H,5,8-9H2,1-4H3,(H,18,19). The number of hydrogen-bond donors (Lipinski definition) is 1. The zero-order valence-electron chi connectivity index (χ0n) is 14.7. The van der Waals surface area contributed by atoms with Crippen molar-refractivity contribution >= 4 is 21.9 Å². The van der Waals surface area contributed by atoms with E-state index in [1.54, 1.807) is 27.7 Å². The highest BCUT2D eigenvalue weighted by atomic mass is 32.2. The molecule has 0 radical (unpaired) electrons. The van der Waals surface area contributed by atoms with E-state index >= 15 is 0 Å². The zero-order chi connectivity index (χ0) is 19.1. The minimum atomic E-state index is -3.66. The van der Waals surface area contributed by atoms with Crippen LogP contribution >= 0.6 is 0 Å². The molecule has 0 fully saturated rings. The predicted octanol–water partition coefficient (Wildman–Crippen LogP) is 2.65. The van der Waals surface area contributed by atoms with Crippen molar-refractivity contribution in [2.75, 3.05) is 24.3 Å². The van der Waals surface area contributed by atoms with E-state index in [1.807, 2.05) is 6.07 Å². The van der Waals surface area contributed by atoms with Gasteiger partial charge >= 0.3 is 6.09 Å². The highest BCUT2D eigenvalue weighted by Crippen LogP contribution is 2.26. The molecular weight excluding hydrogens is 348 g/mol. The number of carbonyl (C=O) groups excluding carboxylic acids is 1. The lowest BCUT2D eigenvalue weighted by atomic mass is 10.2.